The van der Waals surface area contributed by atoms with Crippen molar-refractivity contribution in [2.24, 2.45) is 5.92 Å². The van der Waals surface area contributed by atoms with Crippen molar-refractivity contribution in [3.05, 3.63) is 0 Å². The van der Waals surface area contributed by atoms with Crippen LogP contribution in [0.5, 0.6) is 0 Å². The summed E-state index contributed by atoms with van der Waals surface area (Å²) in [5, 5.41) is 4.42. The molecule has 0 amide bonds. The molecule has 1 rings (SSSR count). The van der Waals surface area contributed by atoms with E-state index >= 15 is 0 Å². The molecule has 1 aliphatic rings. The second kappa shape index (κ2) is 7.56. The number of hydrogen-bond donors (Lipinski definition) is 1. The zero-order valence-electron chi connectivity index (χ0n) is 10.6. The second-order valence-corrected chi connectivity index (χ2v) is 6.63. The van der Waals surface area contributed by atoms with E-state index < -0.39 is 0 Å². The fraction of sp³-hybridized carbons (Fsp3) is 1.00. The Morgan fingerprint density at radius 3 is 2.47 bits per heavy atom. The van der Waals surface area contributed by atoms with E-state index in [4.69, 9.17) is 0 Å². The summed E-state index contributed by atoms with van der Waals surface area (Å²) >= 11 is 2.10. The van der Waals surface area contributed by atoms with E-state index in [2.05, 4.69) is 37.8 Å². The Hall–Kier alpha value is 0.310. The molecule has 0 aromatic heterocycles. The number of hydrogen-bond acceptors (Lipinski definition) is 2. The lowest BCUT2D eigenvalue weighted by Crippen LogP contribution is -2.33. The van der Waals surface area contributed by atoms with Crippen molar-refractivity contribution in [3.8, 4) is 0 Å². The van der Waals surface area contributed by atoms with Crippen LogP contribution in [-0.4, -0.2) is 23.6 Å². The van der Waals surface area contributed by atoms with Crippen LogP contribution < -0.4 is 5.32 Å². The van der Waals surface area contributed by atoms with Crippen LogP contribution in [0.2, 0.25) is 0 Å². The Morgan fingerprint density at radius 1 is 1.27 bits per heavy atom. The maximum atomic E-state index is 3.64. The van der Waals surface area contributed by atoms with Crippen LogP contribution in [0.4, 0.5) is 0 Å². The molecule has 0 aromatic carbocycles. The lowest BCUT2D eigenvalue weighted by atomic mass is 9.99. The van der Waals surface area contributed by atoms with Crippen molar-refractivity contribution < 1.29 is 0 Å². The monoisotopic (exact) mass is 229 g/mol. The van der Waals surface area contributed by atoms with Crippen LogP contribution in [0.25, 0.3) is 0 Å². The Morgan fingerprint density at radius 2 is 1.93 bits per heavy atom. The predicted molar refractivity (Wildman–Crippen MR) is 71.6 cm³/mol. The van der Waals surface area contributed by atoms with Crippen LogP contribution in [0.1, 0.15) is 52.9 Å². The van der Waals surface area contributed by atoms with Gasteiger partial charge >= 0.3 is 0 Å². The molecule has 1 saturated carbocycles. The lowest BCUT2D eigenvalue weighted by molar-refractivity contribution is 0.415. The molecule has 1 N–H and O–H groups in total. The topological polar surface area (TPSA) is 12.0 Å². The van der Waals surface area contributed by atoms with E-state index in [1.807, 2.05) is 0 Å². The van der Waals surface area contributed by atoms with Crippen LogP contribution in [0, 0.1) is 5.92 Å². The minimum atomic E-state index is 0.755. The zero-order valence-corrected chi connectivity index (χ0v) is 11.4. The third kappa shape index (κ3) is 5.82. The summed E-state index contributed by atoms with van der Waals surface area (Å²) in [5.74, 6) is 2.31. The molecule has 0 aromatic rings. The largest absolute Gasteiger partial charge is 0.313 e. The highest BCUT2D eigenvalue weighted by Crippen LogP contribution is 2.29. The summed E-state index contributed by atoms with van der Waals surface area (Å²) in [4.78, 5) is 0. The summed E-state index contributed by atoms with van der Waals surface area (Å²) < 4.78 is 0. The summed E-state index contributed by atoms with van der Waals surface area (Å²) in [6, 6.07) is 0.755. The minimum Gasteiger partial charge on any atom is -0.313 e. The molecule has 1 fully saturated rings. The second-order valence-electron chi connectivity index (χ2n) is 5.02. The van der Waals surface area contributed by atoms with Gasteiger partial charge in [0.1, 0.15) is 0 Å². The highest BCUT2D eigenvalue weighted by molar-refractivity contribution is 7.99. The molecule has 0 bridgehead atoms. The molecule has 1 aliphatic carbocycles. The highest BCUT2D eigenvalue weighted by atomic mass is 32.2. The van der Waals surface area contributed by atoms with Gasteiger partial charge in [0, 0.05) is 11.8 Å². The van der Waals surface area contributed by atoms with E-state index in [9.17, 15) is 0 Å². The Balaban J connectivity index is 2.22. The maximum absolute atomic E-state index is 3.64. The first-order valence-electron chi connectivity index (χ1n) is 6.57. The van der Waals surface area contributed by atoms with E-state index in [1.165, 1.54) is 37.9 Å². The molecule has 1 nitrogen and oxygen atoms in total. The molecular weight excluding hydrogens is 202 g/mol. The minimum absolute atomic E-state index is 0.755. The third-order valence-electron chi connectivity index (χ3n) is 3.22. The fourth-order valence-corrected chi connectivity index (χ4v) is 3.33. The van der Waals surface area contributed by atoms with Crippen molar-refractivity contribution in [3.63, 3.8) is 0 Å². The first-order valence-corrected chi connectivity index (χ1v) is 7.62. The van der Waals surface area contributed by atoms with Gasteiger partial charge in [-0.15, -0.1) is 0 Å². The average Bonchev–Trinajstić information content (AvgIpc) is 2.67. The molecule has 90 valence electrons. The zero-order chi connectivity index (χ0) is 11.1. The summed E-state index contributed by atoms with van der Waals surface area (Å²) in [6.07, 6.45) is 7.32. The SMILES string of the molecule is CCNC(CSC(C)C)CC1CCCC1. The lowest BCUT2D eigenvalue weighted by Gasteiger charge is -2.21. The normalized spacial score (nSPS) is 20.0. The Bertz CT molecular complexity index is 153. The summed E-state index contributed by atoms with van der Waals surface area (Å²) in [7, 11) is 0. The van der Waals surface area contributed by atoms with Gasteiger partial charge in [0.25, 0.3) is 0 Å². The molecule has 0 saturated heterocycles. The molecule has 0 heterocycles. The first-order chi connectivity index (χ1) is 7.22. The highest BCUT2D eigenvalue weighted by Gasteiger charge is 2.19. The van der Waals surface area contributed by atoms with Crippen LogP contribution in [0.3, 0.4) is 0 Å². The van der Waals surface area contributed by atoms with Gasteiger partial charge in [-0.3, -0.25) is 0 Å². The van der Waals surface area contributed by atoms with Crippen LogP contribution in [-0.2, 0) is 0 Å². The van der Waals surface area contributed by atoms with E-state index in [0.717, 1.165) is 23.8 Å². The maximum Gasteiger partial charge on any atom is 0.0160 e. The predicted octanol–water partition coefficient (Wildman–Crippen LogP) is 3.69. The van der Waals surface area contributed by atoms with Crippen molar-refractivity contribution in [2.75, 3.05) is 12.3 Å². The fourth-order valence-electron chi connectivity index (χ4n) is 2.46. The third-order valence-corrected chi connectivity index (χ3v) is 4.48. The Kier molecular flexibility index (Phi) is 6.74. The quantitative estimate of drug-likeness (QED) is 0.714. The molecule has 1 unspecified atom stereocenters. The van der Waals surface area contributed by atoms with Crippen molar-refractivity contribution in [2.45, 2.75) is 64.2 Å². The smallest absolute Gasteiger partial charge is 0.0160 e. The summed E-state index contributed by atoms with van der Waals surface area (Å²) in [5.41, 5.74) is 0. The van der Waals surface area contributed by atoms with Gasteiger partial charge in [0.05, 0.1) is 0 Å². The van der Waals surface area contributed by atoms with Gasteiger partial charge < -0.3 is 5.32 Å². The molecular formula is C13H27NS. The van der Waals surface area contributed by atoms with Gasteiger partial charge in [0.2, 0.25) is 0 Å². The van der Waals surface area contributed by atoms with Crippen molar-refractivity contribution in [1.29, 1.82) is 0 Å². The molecule has 2 heteroatoms. The van der Waals surface area contributed by atoms with Crippen molar-refractivity contribution >= 4 is 11.8 Å². The van der Waals surface area contributed by atoms with Gasteiger partial charge in [-0.25, -0.2) is 0 Å². The average molecular weight is 229 g/mol. The van der Waals surface area contributed by atoms with Crippen LogP contribution in [0.15, 0.2) is 0 Å². The molecule has 0 radical (unpaired) electrons. The molecule has 15 heavy (non-hydrogen) atoms. The molecule has 0 aliphatic heterocycles. The van der Waals surface area contributed by atoms with E-state index in [-0.39, 0.29) is 0 Å². The van der Waals surface area contributed by atoms with Gasteiger partial charge in [0.15, 0.2) is 0 Å². The van der Waals surface area contributed by atoms with Crippen molar-refractivity contribution in [1.82, 2.24) is 5.32 Å². The summed E-state index contributed by atoms with van der Waals surface area (Å²) in [6.45, 7) is 7.93. The van der Waals surface area contributed by atoms with Gasteiger partial charge in [-0.05, 0) is 24.1 Å². The number of thioether (sulfide) groups is 1. The first kappa shape index (κ1) is 13.4. The number of nitrogens with one attached hydrogen (secondary N) is 1. The van der Waals surface area contributed by atoms with Gasteiger partial charge in [-0.2, -0.15) is 11.8 Å². The Labute approximate surface area is 99.8 Å². The van der Waals surface area contributed by atoms with Gasteiger partial charge in [-0.1, -0.05) is 46.5 Å². The standard InChI is InChI=1S/C13H27NS/c1-4-14-13(10-15-11(2)3)9-12-7-5-6-8-12/h11-14H,4-10H2,1-3H3. The van der Waals surface area contributed by atoms with E-state index in [0.29, 0.717) is 0 Å². The van der Waals surface area contributed by atoms with Crippen LogP contribution >= 0.6 is 11.8 Å². The van der Waals surface area contributed by atoms with E-state index in [1.54, 1.807) is 0 Å². The molecule has 0 spiro atoms. The number of rotatable bonds is 7. The molecule has 1 atom stereocenters.